The van der Waals surface area contributed by atoms with Crippen molar-refractivity contribution < 1.29 is 4.39 Å². The van der Waals surface area contributed by atoms with Crippen LogP contribution in [-0.4, -0.2) is 105 Å². The molecular weight excluding hydrogens is 1300 g/mol. The van der Waals surface area contributed by atoms with E-state index in [-0.39, 0.29) is 13.2 Å². The van der Waals surface area contributed by atoms with Gasteiger partial charge in [-0.05, 0) is 146 Å². The molecule has 3 aromatic heterocycles. The SMILES string of the molecule is Brc1ccc2c(c1)-c1ccccc1C2.Brc1ccc2c(c1)c1ccccc1n2-c1ccc(-c2cccc(-c3ccccc3)c2)c2c1sc1ccccc12.C.Fc1ccc(-c2cccc(-c3ccccc3)c2)c2c1sc1ccccc12.[B]B([B])B(B([B])[B])B(B([B])[B])B([B])[B]. The van der Waals surface area contributed by atoms with Crippen molar-refractivity contribution in [3.05, 3.63) is 293 Å². The molecule has 3 heterocycles. The summed E-state index contributed by atoms with van der Waals surface area (Å²) >= 11 is 10.6. The Bertz CT molecular complexity index is 5170. The molecule has 0 atom stereocenters. The highest BCUT2D eigenvalue weighted by Gasteiger charge is 2.36. The monoisotopic (exact) mass is 1350 g/mol. The molecule has 426 valence electrons. The molecule has 0 amide bonds. The van der Waals surface area contributed by atoms with Gasteiger partial charge in [0.15, 0.2) is 0 Å². The second kappa shape index (κ2) is 29.4. The van der Waals surface area contributed by atoms with Crippen molar-refractivity contribution in [2.45, 2.75) is 13.8 Å². The van der Waals surface area contributed by atoms with E-state index in [0.29, 0.717) is 0 Å². The van der Waals surface area contributed by atoms with E-state index in [1.165, 1.54) is 115 Å². The second-order valence-electron chi connectivity index (χ2n) is 23.3. The fourth-order valence-electron chi connectivity index (χ4n) is 13.1. The molecule has 0 bridgehead atoms. The highest BCUT2D eigenvalue weighted by molar-refractivity contribution is 9.10. The highest BCUT2D eigenvalue weighted by Crippen LogP contribution is 2.47. The Kier molecular flexibility index (Phi) is 20.8. The zero-order chi connectivity index (χ0) is 64.4. The van der Waals surface area contributed by atoms with Crippen LogP contribution in [0, 0.1) is 5.82 Å². The van der Waals surface area contributed by atoms with Crippen LogP contribution in [0.15, 0.2) is 276 Å². The van der Waals surface area contributed by atoms with Crippen LogP contribution in [-0.2, 0) is 6.42 Å². The maximum atomic E-state index is 14.5. The molecule has 0 fully saturated rings. The molecule has 0 saturated carbocycles. The number of benzene rings is 12. The van der Waals surface area contributed by atoms with Gasteiger partial charge in [0.25, 0.3) is 0 Å². The fraction of sp³-hybridized carbons (Fsp3) is 0.0270. The third-order valence-electron chi connectivity index (χ3n) is 17.4. The van der Waals surface area contributed by atoms with Crippen LogP contribution in [0.5, 0.6) is 0 Å². The molecule has 12 aromatic carbocycles. The van der Waals surface area contributed by atoms with Crippen LogP contribution in [0.4, 0.5) is 4.39 Å². The van der Waals surface area contributed by atoms with Gasteiger partial charge in [-0.3, -0.25) is 0 Å². The molecule has 16 radical (unpaired) electrons. The molecule has 0 N–H and O–H groups in total. The lowest BCUT2D eigenvalue weighted by atomic mass is 8.47. The van der Waals surface area contributed by atoms with Crippen LogP contribution in [0.25, 0.3) is 123 Å². The summed E-state index contributed by atoms with van der Waals surface area (Å²) in [4.78, 5) is 0. The fourth-order valence-corrected chi connectivity index (χ4v) is 16.2. The van der Waals surface area contributed by atoms with Crippen molar-refractivity contribution in [3.8, 4) is 61.3 Å². The van der Waals surface area contributed by atoms with E-state index in [1.807, 2.05) is 47.7 Å². The van der Waals surface area contributed by atoms with Gasteiger partial charge in [0.2, 0.25) is 0 Å². The topological polar surface area (TPSA) is 4.93 Å². The first-order chi connectivity index (χ1) is 45.2. The lowest BCUT2D eigenvalue weighted by molar-refractivity contribution is 0.642. The van der Waals surface area contributed by atoms with Crippen LogP contribution < -0.4 is 0 Å². The molecule has 20 heteroatoms. The number of fused-ring (bicyclic) bond motifs is 12. The first-order valence-electron chi connectivity index (χ1n) is 30.7. The van der Waals surface area contributed by atoms with Gasteiger partial charge in [-0.25, -0.2) is 4.39 Å². The zero-order valence-electron chi connectivity index (χ0n) is 50.6. The lowest BCUT2D eigenvalue weighted by Gasteiger charge is -2.34. The minimum Gasteiger partial charge on any atom is -0.308 e. The summed E-state index contributed by atoms with van der Waals surface area (Å²) in [6, 6.07) is 94.0. The van der Waals surface area contributed by atoms with Crippen molar-refractivity contribution >= 4 is 217 Å². The first kappa shape index (κ1) is 66.7. The predicted octanol–water partition coefficient (Wildman–Crippen LogP) is 18.1. The van der Waals surface area contributed by atoms with E-state index in [2.05, 4.69) is 261 Å². The molecular formula is C74H50B14Br2FNS2. The van der Waals surface area contributed by atoms with Crippen molar-refractivity contribution in [1.82, 2.24) is 4.57 Å². The van der Waals surface area contributed by atoms with Crippen molar-refractivity contribution in [2.24, 2.45) is 0 Å². The van der Waals surface area contributed by atoms with E-state index in [9.17, 15) is 4.39 Å². The van der Waals surface area contributed by atoms with Crippen LogP contribution in [0.2, 0.25) is 0 Å². The molecule has 1 aliphatic rings. The predicted molar refractivity (Wildman–Crippen MR) is 432 cm³/mol. The molecule has 1 nitrogen and oxygen atoms in total. The Labute approximate surface area is 588 Å². The standard InChI is InChI=1S/C36H22BrNS.C24H15FS.C13H9Br.CH4.B14/c37-26-17-19-32-30(22-26)28-13-4-6-15-31(28)38(32)33-20-18-27(35-29-14-5-7-16-34(29)39-36(33)35)25-12-8-11-24(21-25)23-9-2-1-3-10-23;25-21-14-13-19(23-20-11-4-5-12-22(20)26-24(21)23)18-10-6-9-17(15-18)16-7-2-1-3-8-16;14-11-6-5-10-7-9-3-1-2-4-12(9)13(10)8-11;;1-9(2)13(10(3)4)14(11(5)6)12(7)8/h1-22H;1-15H;1-6,8H,7H2;1H4;. The van der Waals surface area contributed by atoms with E-state index in [1.54, 1.807) is 6.07 Å². The Hall–Kier alpha value is -7.32. The van der Waals surface area contributed by atoms with Gasteiger partial charge in [0, 0.05) is 151 Å². The third-order valence-corrected chi connectivity index (χ3v) is 20.8. The quantitative estimate of drug-likeness (QED) is 0.120. The summed E-state index contributed by atoms with van der Waals surface area (Å²) in [5.41, 5.74) is 18.8. The Balaban J connectivity index is 0.000000132. The van der Waals surface area contributed by atoms with E-state index < -0.39 is 38.3 Å². The number of aromatic nitrogens is 1. The van der Waals surface area contributed by atoms with Gasteiger partial charge in [-0.2, -0.15) is 0 Å². The van der Waals surface area contributed by atoms with Crippen molar-refractivity contribution in [2.75, 3.05) is 0 Å². The van der Waals surface area contributed by atoms with Crippen molar-refractivity contribution in [3.63, 3.8) is 0 Å². The summed E-state index contributed by atoms with van der Waals surface area (Å²) in [7, 11) is 44.1. The molecule has 0 unspecified atom stereocenters. The van der Waals surface area contributed by atoms with Gasteiger partial charge in [-0.15, -0.1) is 22.7 Å². The smallest absolute Gasteiger partial charge is 0.141 e. The minimum atomic E-state index is -0.760. The Morgan fingerprint density at radius 1 is 0.340 bits per heavy atom. The zero-order valence-corrected chi connectivity index (χ0v) is 55.4. The highest BCUT2D eigenvalue weighted by atomic mass is 79.9. The Morgan fingerprint density at radius 2 is 0.777 bits per heavy atom. The van der Waals surface area contributed by atoms with E-state index in [0.717, 1.165) is 46.7 Å². The van der Waals surface area contributed by atoms with Gasteiger partial charge in [0.05, 0.1) is 26.1 Å². The number of halogens is 3. The number of nitrogens with zero attached hydrogens (tertiary/aromatic N) is 1. The van der Waals surface area contributed by atoms with Crippen LogP contribution >= 0.6 is 54.5 Å². The maximum absolute atomic E-state index is 14.5. The number of thiophene rings is 2. The lowest BCUT2D eigenvalue weighted by Crippen LogP contribution is -2.72. The van der Waals surface area contributed by atoms with E-state index >= 15 is 0 Å². The molecule has 15 aromatic rings. The number of hydrogen-bond donors (Lipinski definition) is 0. The van der Waals surface area contributed by atoms with Gasteiger partial charge in [0.1, 0.15) is 5.82 Å². The van der Waals surface area contributed by atoms with E-state index in [4.69, 9.17) is 61.9 Å². The Morgan fingerprint density at radius 3 is 1.36 bits per heavy atom. The van der Waals surface area contributed by atoms with Gasteiger partial charge >= 0.3 is 0 Å². The molecule has 0 spiro atoms. The molecule has 0 saturated heterocycles. The number of hydrogen-bond acceptors (Lipinski definition) is 2. The summed E-state index contributed by atoms with van der Waals surface area (Å²) in [6.07, 6.45) is -2.99. The molecule has 16 rings (SSSR count). The average Bonchev–Trinajstić information content (AvgIpc) is 1.56. The summed E-state index contributed by atoms with van der Waals surface area (Å²) < 4.78 is 23.6. The summed E-state index contributed by atoms with van der Waals surface area (Å²) in [5.74, 6) is -0.149. The molecule has 0 aliphatic heterocycles. The molecule has 94 heavy (non-hydrogen) atoms. The third kappa shape index (κ3) is 13.6. The molecule has 1 aliphatic carbocycles. The van der Waals surface area contributed by atoms with Crippen LogP contribution in [0.3, 0.4) is 0 Å². The largest absolute Gasteiger partial charge is 0.308 e. The second-order valence-corrected chi connectivity index (χ2v) is 27.3. The first-order valence-corrected chi connectivity index (χ1v) is 33.9. The van der Waals surface area contributed by atoms with Crippen LogP contribution in [0.1, 0.15) is 18.6 Å². The summed E-state index contributed by atoms with van der Waals surface area (Å²) in [6.45, 7) is 0. The van der Waals surface area contributed by atoms with Crippen molar-refractivity contribution in [1.29, 1.82) is 0 Å². The number of rotatable bonds is 10. The number of para-hydroxylation sites is 1. The average molecular weight is 1350 g/mol. The minimum absolute atomic E-state index is 0. The maximum Gasteiger partial charge on any atom is 0.141 e. The van der Waals surface area contributed by atoms with Gasteiger partial charge in [-0.1, -0.05) is 233 Å². The summed E-state index contributed by atoms with van der Waals surface area (Å²) in [5, 5.41) is 7.28. The normalized spacial score (nSPS) is 11.1. The van der Waals surface area contributed by atoms with Gasteiger partial charge < -0.3 is 4.57 Å².